The molecule has 1 unspecified atom stereocenters. The molecule has 1 aromatic rings. The van der Waals surface area contributed by atoms with Crippen molar-refractivity contribution in [3.05, 3.63) is 28.2 Å². The summed E-state index contributed by atoms with van der Waals surface area (Å²) in [5.41, 5.74) is 1.07. The zero-order valence-electron chi connectivity index (χ0n) is 12.0. The molecular weight excluding hydrogens is 324 g/mol. The molecule has 0 aliphatic heterocycles. The standard InChI is InChI=1S/C14H19BrN2O3/c1-8-5-6-10(9(15)7-8)16-13(20)17-11(12(18)19)14(2,3)4/h5-7,11H,1-4H3,(H,18,19)(H2,16,17,20). The minimum absolute atomic E-state index is 0.545. The maximum absolute atomic E-state index is 11.9. The van der Waals surface area contributed by atoms with E-state index in [0.29, 0.717) is 5.69 Å². The number of anilines is 1. The fourth-order valence-electron chi connectivity index (χ4n) is 1.66. The first-order valence-corrected chi connectivity index (χ1v) is 6.97. The number of amides is 2. The first-order valence-electron chi connectivity index (χ1n) is 6.17. The van der Waals surface area contributed by atoms with Gasteiger partial charge in [0.05, 0.1) is 5.69 Å². The summed E-state index contributed by atoms with van der Waals surface area (Å²) in [6, 6.07) is 3.97. The van der Waals surface area contributed by atoms with Gasteiger partial charge in [0, 0.05) is 4.47 Å². The number of aliphatic carboxylic acids is 1. The van der Waals surface area contributed by atoms with Crippen molar-refractivity contribution < 1.29 is 14.7 Å². The van der Waals surface area contributed by atoms with Gasteiger partial charge in [0.2, 0.25) is 0 Å². The SMILES string of the molecule is Cc1ccc(NC(=O)NC(C(=O)O)C(C)(C)C)c(Br)c1. The van der Waals surface area contributed by atoms with Crippen molar-refractivity contribution in [2.75, 3.05) is 5.32 Å². The van der Waals surface area contributed by atoms with Gasteiger partial charge in [-0.15, -0.1) is 0 Å². The quantitative estimate of drug-likeness (QED) is 0.787. The number of nitrogens with one attached hydrogen (secondary N) is 2. The highest BCUT2D eigenvalue weighted by molar-refractivity contribution is 9.10. The predicted molar refractivity (Wildman–Crippen MR) is 81.9 cm³/mol. The molecule has 1 aromatic carbocycles. The smallest absolute Gasteiger partial charge is 0.326 e. The van der Waals surface area contributed by atoms with Crippen LogP contribution >= 0.6 is 15.9 Å². The average Bonchev–Trinajstić information content (AvgIpc) is 2.28. The largest absolute Gasteiger partial charge is 0.480 e. The minimum atomic E-state index is -1.06. The van der Waals surface area contributed by atoms with Crippen LogP contribution < -0.4 is 10.6 Å². The molecule has 0 aliphatic rings. The number of hydrogen-bond donors (Lipinski definition) is 3. The van der Waals surface area contributed by atoms with E-state index in [-0.39, 0.29) is 0 Å². The van der Waals surface area contributed by atoms with Crippen molar-refractivity contribution >= 4 is 33.6 Å². The van der Waals surface area contributed by atoms with E-state index in [1.165, 1.54) is 0 Å². The molecule has 0 bridgehead atoms. The fraction of sp³-hybridized carbons (Fsp3) is 0.429. The van der Waals surface area contributed by atoms with Crippen LogP contribution in [0.3, 0.4) is 0 Å². The molecule has 0 spiro atoms. The van der Waals surface area contributed by atoms with Crippen molar-refractivity contribution in [1.29, 1.82) is 0 Å². The summed E-state index contributed by atoms with van der Waals surface area (Å²) in [5.74, 6) is -1.06. The number of aryl methyl sites for hydroxylation is 1. The first kappa shape index (κ1) is 16.5. The molecule has 5 nitrogen and oxygen atoms in total. The molecule has 2 amide bonds. The molecule has 0 saturated carbocycles. The van der Waals surface area contributed by atoms with Crippen LogP contribution in [-0.4, -0.2) is 23.1 Å². The van der Waals surface area contributed by atoms with Crippen LogP contribution in [0.5, 0.6) is 0 Å². The zero-order chi connectivity index (χ0) is 15.5. The van der Waals surface area contributed by atoms with Gasteiger partial charge < -0.3 is 15.7 Å². The average molecular weight is 343 g/mol. The number of carboxylic acid groups (broad SMARTS) is 1. The van der Waals surface area contributed by atoms with Crippen LogP contribution in [0.25, 0.3) is 0 Å². The Hall–Kier alpha value is -1.56. The van der Waals surface area contributed by atoms with Gasteiger partial charge in [-0.2, -0.15) is 0 Å². The van der Waals surface area contributed by atoms with E-state index in [4.69, 9.17) is 5.11 Å². The van der Waals surface area contributed by atoms with Gasteiger partial charge in [0.25, 0.3) is 0 Å². The molecule has 6 heteroatoms. The van der Waals surface area contributed by atoms with Crippen molar-refractivity contribution in [3.8, 4) is 0 Å². The third-order valence-electron chi connectivity index (χ3n) is 2.76. The third kappa shape index (κ3) is 4.52. The Kier molecular flexibility index (Phi) is 5.16. The van der Waals surface area contributed by atoms with Crippen molar-refractivity contribution in [3.63, 3.8) is 0 Å². The lowest BCUT2D eigenvalue weighted by Crippen LogP contribution is -2.50. The van der Waals surface area contributed by atoms with Crippen LogP contribution in [0.1, 0.15) is 26.3 Å². The molecule has 0 radical (unpaired) electrons. The summed E-state index contributed by atoms with van der Waals surface area (Å²) in [6.45, 7) is 7.21. The Labute approximate surface area is 126 Å². The zero-order valence-corrected chi connectivity index (χ0v) is 13.5. The maximum atomic E-state index is 11.9. The molecule has 0 aromatic heterocycles. The lowest BCUT2D eigenvalue weighted by atomic mass is 9.87. The molecule has 110 valence electrons. The van der Waals surface area contributed by atoms with Gasteiger partial charge in [-0.05, 0) is 46.0 Å². The van der Waals surface area contributed by atoms with Crippen LogP contribution in [-0.2, 0) is 4.79 Å². The number of hydrogen-bond acceptors (Lipinski definition) is 2. The normalized spacial score (nSPS) is 12.7. The molecule has 0 heterocycles. The highest BCUT2D eigenvalue weighted by atomic mass is 79.9. The highest BCUT2D eigenvalue weighted by Crippen LogP contribution is 2.24. The van der Waals surface area contributed by atoms with E-state index in [2.05, 4.69) is 26.6 Å². The second-order valence-electron chi connectivity index (χ2n) is 5.72. The fourth-order valence-corrected chi connectivity index (χ4v) is 2.25. The first-order chi connectivity index (χ1) is 9.11. The van der Waals surface area contributed by atoms with Crippen molar-refractivity contribution in [2.45, 2.75) is 33.7 Å². The molecule has 0 aliphatic carbocycles. The van der Waals surface area contributed by atoms with E-state index in [1.54, 1.807) is 26.8 Å². The van der Waals surface area contributed by atoms with E-state index in [9.17, 15) is 9.59 Å². The topological polar surface area (TPSA) is 78.4 Å². The third-order valence-corrected chi connectivity index (χ3v) is 3.42. The Morgan fingerprint density at radius 3 is 2.35 bits per heavy atom. The van der Waals surface area contributed by atoms with Gasteiger partial charge in [0.1, 0.15) is 6.04 Å². The summed E-state index contributed by atoms with van der Waals surface area (Å²) in [5, 5.41) is 14.3. The van der Waals surface area contributed by atoms with Crippen molar-refractivity contribution in [2.24, 2.45) is 5.41 Å². The van der Waals surface area contributed by atoms with Gasteiger partial charge in [-0.1, -0.05) is 26.8 Å². The van der Waals surface area contributed by atoms with E-state index in [0.717, 1.165) is 10.0 Å². The number of urea groups is 1. The van der Waals surface area contributed by atoms with Gasteiger partial charge >= 0.3 is 12.0 Å². The number of carbonyl (C=O) groups is 2. The lowest BCUT2D eigenvalue weighted by Gasteiger charge is -2.27. The minimum Gasteiger partial charge on any atom is -0.480 e. The summed E-state index contributed by atoms with van der Waals surface area (Å²) in [4.78, 5) is 23.1. The number of halogens is 1. The number of carbonyl (C=O) groups excluding carboxylic acids is 1. The summed E-state index contributed by atoms with van der Waals surface area (Å²) >= 11 is 3.35. The van der Waals surface area contributed by atoms with Gasteiger partial charge in [0.15, 0.2) is 0 Å². The molecule has 20 heavy (non-hydrogen) atoms. The second-order valence-corrected chi connectivity index (χ2v) is 6.57. The molecule has 0 saturated heterocycles. The Morgan fingerprint density at radius 2 is 1.90 bits per heavy atom. The van der Waals surface area contributed by atoms with Crippen LogP contribution in [0.4, 0.5) is 10.5 Å². The number of benzene rings is 1. The van der Waals surface area contributed by atoms with Crippen LogP contribution in [0.2, 0.25) is 0 Å². The number of carboxylic acids is 1. The van der Waals surface area contributed by atoms with Crippen LogP contribution in [0.15, 0.2) is 22.7 Å². The van der Waals surface area contributed by atoms with Crippen molar-refractivity contribution in [1.82, 2.24) is 5.32 Å². The molecule has 1 atom stereocenters. The number of rotatable bonds is 3. The summed E-state index contributed by atoms with van der Waals surface area (Å²) in [6.07, 6.45) is 0. The summed E-state index contributed by atoms with van der Waals surface area (Å²) in [7, 11) is 0. The Balaban J connectivity index is 2.79. The molecule has 0 fully saturated rings. The molecule has 3 N–H and O–H groups in total. The monoisotopic (exact) mass is 342 g/mol. The van der Waals surface area contributed by atoms with Gasteiger partial charge in [-0.3, -0.25) is 0 Å². The second kappa shape index (κ2) is 6.26. The highest BCUT2D eigenvalue weighted by Gasteiger charge is 2.32. The van der Waals surface area contributed by atoms with E-state index < -0.39 is 23.5 Å². The predicted octanol–water partition coefficient (Wildman–Crippen LogP) is 3.38. The molecule has 1 rings (SSSR count). The maximum Gasteiger partial charge on any atom is 0.326 e. The van der Waals surface area contributed by atoms with Gasteiger partial charge in [-0.25, -0.2) is 9.59 Å². The van der Waals surface area contributed by atoms with E-state index in [1.807, 2.05) is 19.1 Å². The summed E-state index contributed by atoms with van der Waals surface area (Å²) < 4.78 is 0.746. The Morgan fingerprint density at radius 1 is 1.30 bits per heavy atom. The van der Waals surface area contributed by atoms with E-state index >= 15 is 0 Å². The Bertz CT molecular complexity index is 524. The lowest BCUT2D eigenvalue weighted by molar-refractivity contribution is -0.141. The van der Waals surface area contributed by atoms with Crippen LogP contribution in [0, 0.1) is 12.3 Å². The molecular formula is C14H19BrN2O3.